The van der Waals surface area contributed by atoms with Crippen molar-refractivity contribution in [1.82, 2.24) is 34.7 Å². The van der Waals surface area contributed by atoms with Crippen LogP contribution in [0.1, 0.15) is 29.9 Å². The number of benzene rings is 1. The van der Waals surface area contributed by atoms with Gasteiger partial charge in [-0.25, -0.2) is 24.9 Å². The molecule has 41 heavy (non-hydrogen) atoms. The molecule has 1 fully saturated rings. The number of rotatable bonds is 10. The van der Waals surface area contributed by atoms with E-state index in [1.807, 2.05) is 49.4 Å². The van der Waals surface area contributed by atoms with E-state index in [1.54, 1.807) is 24.5 Å². The highest BCUT2D eigenvalue weighted by atomic mass is 16.1. The van der Waals surface area contributed by atoms with Crippen molar-refractivity contribution in [3.05, 3.63) is 84.1 Å². The summed E-state index contributed by atoms with van der Waals surface area (Å²) in [5, 5.41) is 6.38. The Labute approximate surface area is 241 Å². The Morgan fingerprint density at radius 1 is 0.951 bits per heavy atom. The lowest BCUT2D eigenvalue weighted by molar-refractivity contribution is -0.121. The molecule has 4 heterocycles. The minimum absolute atomic E-state index is 0.0457. The number of aromatic nitrogens is 5. The third kappa shape index (κ3) is 8.12. The molecule has 0 atom stereocenters. The van der Waals surface area contributed by atoms with Crippen molar-refractivity contribution in [2.24, 2.45) is 5.92 Å². The number of nitrogens with zero attached hydrogens (tertiary/aromatic N) is 7. The normalized spacial score (nSPS) is 14.2. The number of carbonyl (C=O) groups is 1. The summed E-state index contributed by atoms with van der Waals surface area (Å²) >= 11 is 0. The molecule has 1 aromatic carbocycles. The number of likely N-dealkylation sites (N-methyl/N-ethyl adjacent to an activating group) is 1. The number of anilines is 3. The fraction of sp³-hybridized carbons (Fsp3) is 0.355. The Kier molecular flexibility index (Phi) is 9.22. The molecule has 10 heteroatoms. The van der Waals surface area contributed by atoms with E-state index in [-0.39, 0.29) is 11.8 Å². The maximum atomic E-state index is 13.0. The van der Waals surface area contributed by atoms with Gasteiger partial charge in [0.15, 0.2) is 5.82 Å². The van der Waals surface area contributed by atoms with E-state index < -0.39 is 0 Å². The van der Waals surface area contributed by atoms with Gasteiger partial charge in [0, 0.05) is 49.2 Å². The van der Waals surface area contributed by atoms with Gasteiger partial charge in [-0.2, -0.15) is 0 Å². The molecule has 0 radical (unpaired) electrons. The summed E-state index contributed by atoms with van der Waals surface area (Å²) in [5.74, 6) is 2.61. The molecule has 1 amide bonds. The Morgan fingerprint density at radius 3 is 2.49 bits per heavy atom. The van der Waals surface area contributed by atoms with Gasteiger partial charge in [-0.3, -0.25) is 4.79 Å². The van der Waals surface area contributed by atoms with Crippen LogP contribution < -0.4 is 10.6 Å². The fourth-order valence-corrected chi connectivity index (χ4v) is 4.85. The van der Waals surface area contributed by atoms with E-state index in [0.717, 1.165) is 61.7 Å². The Bertz CT molecular complexity index is 1470. The molecule has 0 aliphatic carbocycles. The molecule has 1 saturated heterocycles. The van der Waals surface area contributed by atoms with Crippen molar-refractivity contribution in [2.45, 2.75) is 26.2 Å². The zero-order valence-electron chi connectivity index (χ0n) is 23.9. The molecule has 0 saturated carbocycles. The zero-order chi connectivity index (χ0) is 28.6. The van der Waals surface area contributed by atoms with Crippen molar-refractivity contribution >= 4 is 23.2 Å². The van der Waals surface area contributed by atoms with Crippen molar-refractivity contribution in [3.63, 3.8) is 0 Å². The van der Waals surface area contributed by atoms with Gasteiger partial charge in [0.2, 0.25) is 5.91 Å². The monoisotopic (exact) mass is 551 g/mol. The summed E-state index contributed by atoms with van der Waals surface area (Å²) in [6.07, 6.45) is 5.74. The number of pyridine rings is 1. The Morgan fingerprint density at radius 2 is 1.71 bits per heavy atom. The second-order valence-electron chi connectivity index (χ2n) is 10.7. The van der Waals surface area contributed by atoms with E-state index in [4.69, 9.17) is 0 Å². The molecule has 5 rings (SSSR count). The Hall–Kier alpha value is -4.28. The van der Waals surface area contributed by atoms with Gasteiger partial charge in [-0.1, -0.05) is 18.2 Å². The van der Waals surface area contributed by atoms with E-state index in [0.29, 0.717) is 29.7 Å². The van der Waals surface area contributed by atoms with Crippen molar-refractivity contribution in [2.75, 3.05) is 50.9 Å². The van der Waals surface area contributed by atoms with Gasteiger partial charge in [-0.15, -0.1) is 0 Å². The molecule has 212 valence electrons. The summed E-state index contributed by atoms with van der Waals surface area (Å²) in [4.78, 5) is 40.2. The molecule has 2 N–H and O–H groups in total. The average Bonchev–Trinajstić information content (AvgIpc) is 2.97. The van der Waals surface area contributed by atoms with Gasteiger partial charge in [0.1, 0.15) is 23.2 Å². The quantitative estimate of drug-likeness (QED) is 0.300. The maximum absolute atomic E-state index is 13.0. The SMILES string of the molecule is Cc1cccc(-c2nccc(Nc3ccnc(Cc4cccc(NC(=O)C5CCN(CCN(C)C)CC5)c4)n3)n2)n1. The summed E-state index contributed by atoms with van der Waals surface area (Å²) in [5.41, 5.74) is 3.45. The maximum Gasteiger partial charge on any atom is 0.227 e. The van der Waals surface area contributed by atoms with Crippen LogP contribution in [0.4, 0.5) is 17.3 Å². The first-order valence-electron chi connectivity index (χ1n) is 14.0. The summed E-state index contributed by atoms with van der Waals surface area (Å²) in [7, 11) is 4.18. The van der Waals surface area contributed by atoms with E-state index in [2.05, 4.69) is 59.4 Å². The average molecular weight is 552 g/mol. The summed E-state index contributed by atoms with van der Waals surface area (Å²) in [6, 6.07) is 17.3. The highest BCUT2D eigenvalue weighted by molar-refractivity contribution is 5.92. The number of likely N-dealkylation sites (tertiary alicyclic amines) is 1. The van der Waals surface area contributed by atoms with E-state index in [1.165, 1.54) is 0 Å². The molecule has 0 bridgehead atoms. The van der Waals surface area contributed by atoms with Crippen LogP contribution in [0.2, 0.25) is 0 Å². The van der Waals surface area contributed by atoms with Crippen molar-refractivity contribution < 1.29 is 4.79 Å². The number of carbonyl (C=O) groups excluding carboxylic acids is 1. The number of amides is 1. The summed E-state index contributed by atoms with van der Waals surface area (Å²) < 4.78 is 0. The first-order chi connectivity index (χ1) is 19.9. The van der Waals surface area contributed by atoms with Gasteiger partial charge in [0.25, 0.3) is 0 Å². The first kappa shape index (κ1) is 28.3. The molecule has 10 nitrogen and oxygen atoms in total. The topological polar surface area (TPSA) is 112 Å². The lowest BCUT2D eigenvalue weighted by Crippen LogP contribution is -2.40. The van der Waals surface area contributed by atoms with E-state index >= 15 is 0 Å². The minimum atomic E-state index is 0.0457. The number of nitrogens with one attached hydrogen (secondary N) is 2. The van der Waals surface area contributed by atoms with Gasteiger partial charge in [-0.05, 0) is 88.9 Å². The van der Waals surface area contributed by atoms with Crippen LogP contribution in [-0.4, -0.2) is 80.9 Å². The Balaban J connectivity index is 1.18. The van der Waals surface area contributed by atoms with Crippen molar-refractivity contribution in [1.29, 1.82) is 0 Å². The number of aryl methyl sites for hydroxylation is 1. The lowest BCUT2D eigenvalue weighted by atomic mass is 9.95. The van der Waals surface area contributed by atoms with Crippen LogP contribution in [0.5, 0.6) is 0 Å². The van der Waals surface area contributed by atoms with Crippen LogP contribution >= 0.6 is 0 Å². The highest BCUT2D eigenvalue weighted by Gasteiger charge is 2.25. The van der Waals surface area contributed by atoms with Gasteiger partial charge in [0.05, 0.1) is 0 Å². The van der Waals surface area contributed by atoms with Crippen LogP contribution in [0, 0.1) is 12.8 Å². The van der Waals surface area contributed by atoms with Crippen LogP contribution in [0.3, 0.4) is 0 Å². The molecule has 0 spiro atoms. The molecule has 1 aliphatic heterocycles. The van der Waals surface area contributed by atoms with Gasteiger partial charge < -0.3 is 20.4 Å². The summed E-state index contributed by atoms with van der Waals surface area (Å²) in [6.45, 7) is 5.96. The third-order valence-electron chi connectivity index (χ3n) is 7.11. The molecular formula is C31H37N9O. The van der Waals surface area contributed by atoms with E-state index in [9.17, 15) is 4.79 Å². The minimum Gasteiger partial charge on any atom is -0.326 e. The molecular weight excluding hydrogens is 514 g/mol. The second-order valence-corrected chi connectivity index (χ2v) is 10.7. The third-order valence-corrected chi connectivity index (χ3v) is 7.11. The van der Waals surface area contributed by atoms with Crippen LogP contribution in [0.15, 0.2) is 67.0 Å². The largest absolute Gasteiger partial charge is 0.326 e. The smallest absolute Gasteiger partial charge is 0.227 e. The van der Waals surface area contributed by atoms with Crippen LogP contribution in [0.25, 0.3) is 11.5 Å². The standard InChI is InChI=1S/C31H37N9O/c1-22-6-4-9-26(34-22)30-33-15-11-28(38-30)36-27-10-14-32-29(37-27)21-23-7-5-8-25(20-23)35-31(41)24-12-16-40(17-13-24)19-18-39(2)3/h4-11,14-15,20,24H,12-13,16-19,21H2,1-3H3,(H,35,41)(H,32,33,36,37,38). The predicted octanol–water partition coefficient (Wildman–Crippen LogP) is 4.18. The van der Waals surface area contributed by atoms with Gasteiger partial charge >= 0.3 is 0 Å². The molecule has 1 aliphatic rings. The number of hydrogen-bond donors (Lipinski definition) is 2. The van der Waals surface area contributed by atoms with Crippen molar-refractivity contribution in [3.8, 4) is 11.5 Å². The molecule has 0 unspecified atom stereocenters. The highest BCUT2D eigenvalue weighted by Crippen LogP contribution is 2.21. The molecule has 4 aromatic rings. The zero-order valence-corrected chi connectivity index (χ0v) is 23.9. The lowest BCUT2D eigenvalue weighted by Gasteiger charge is -2.31. The molecule has 3 aromatic heterocycles. The second kappa shape index (κ2) is 13.4. The number of piperidine rings is 1. The number of hydrogen-bond acceptors (Lipinski definition) is 9. The van der Waals surface area contributed by atoms with Crippen LogP contribution in [-0.2, 0) is 11.2 Å². The fourth-order valence-electron chi connectivity index (χ4n) is 4.85. The predicted molar refractivity (Wildman–Crippen MR) is 161 cm³/mol. The first-order valence-corrected chi connectivity index (χ1v) is 14.0.